The number of nitrogens with one attached hydrogen (secondary N) is 2. The van der Waals surface area contributed by atoms with Crippen molar-refractivity contribution < 1.29 is 23.0 Å². The fraction of sp³-hybridized carbons (Fsp3) is 0.515. The highest BCUT2D eigenvalue weighted by atomic mass is 79.9. The summed E-state index contributed by atoms with van der Waals surface area (Å²) in [4.78, 5) is 16.6. The van der Waals surface area contributed by atoms with Gasteiger partial charge in [-0.25, -0.2) is 4.98 Å². The van der Waals surface area contributed by atoms with Crippen molar-refractivity contribution >= 4 is 61.7 Å². The lowest BCUT2D eigenvalue weighted by molar-refractivity contribution is 0.0845. The van der Waals surface area contributed by atoms with Crippen LogP contribution in [0, 0.1) is 0 Å². The van der Waals surface area contributed by atoms with Crippen molar-refractivity contribution in [1.82, 2.24) is 19.8 Å². The Morgan fingerprint density at radius 3 is 2.50 bits per heavy atom. The first kappa shape index (κ1) is 34.5. The van der Waals surface area contributed by atoms with Gasteiger partial charge in [0, 0.05) is 80.8 Å². The summed E-state index contributed by atoms with van der Waals surface area (Å²) in [5.74, 6) is 2.82. The topological polar surface area (TPSA) is 131 Å². The number of benzene rings is 2. The monoisotopic (exact) mass is 743 g/mol. The van der Waals surface area contributed by atoms with E-state index in [1.165, 1.54) is 30.7 Å². The second kappa shape index (κ2) is 15.0. The zero-order valence-electron chi connectivity index (χ0n) is 28.1. The minimum atomic E-state index is -2.47. The largest absolute Gasteiger partial charge is 0.755 e. The van der Waals surface area contributed by atoms with E-state index in [-0.39, 0.29) is 0 Å². The van der Waals surface area contributed by atoms with Crippen LogP contribution in [0.3, 0.4) is 0 Å². The van der Waals surface area contributed by atoms with E-state index in [0.717, 1.165) is 49.5 Å². The molecule has 0 radical (unpaired) electrons. The molecule has 2 aromatic carbocycles. The van der Waals surface area contributed by atoms with Gasteiger partial charge in [-0.2, -0.15) is 4.98 Å². The number of hydrogen-bond acceptors (Lipinski definition) is 12. The smallest absolute Gasteiger partial charge is 0.229 e. The Morgan fingerprint density at radius 1 is 1.02 bits per heavy atom. The van der Waals surface area contributed by atoms with Crippen molar-refractivity contribution in [2.24, 2.45) is 0 Å². The normalized spacial score (nSPS) is 19.1. The highest BCUT2D eigenvalue weighted by molar-refractivity contribution is 9.10. The molecule has 0 spiro atoms. The molecule has 0 aliphatic carbocycles. The molecule has 2 atom stereocenters. The second-order valence-electron chi connectivity index (χ2n) is 12.6. The van der Waals surface area contributed by atoms with E-state index >= 15 is 0 Å². The minimum Gasteiger partial charge on any atom is -0.755 e. The van der Waals surface area contributed by atoms with Crippen LogP contribution in [0.2, 0.25) is 0 Å². The number of methoxy groups -OCH3 is 2. The van der Waals surface area contributed by atoms with E-state index in [1.54, 1.807) is 26.5 Å². The maximum Gasteiger partial charge on any atom is 0.229 e. The molecule has 3 aromatic rings. The molecule has 13 nitrogen and oxygen atoms in total. The third-order valence-corrected chi connectivity index (χ3v) is 10.8. The van der Waals surface area contributed by atoms with Crippen molar-refractivity contribution in [3.05, 3.63) is 40.5 Å². The van der Waals surface area contributed by atoms with Gasteiger partial charge >= 0.3 is 0 Å². The first-order chi connectivity index (χ1) is 23.1. The average molecular weight is 745 g/mol. The van der Waals surface area contributed by atoms with Crippen molar-refractivity contribution in [1.29, 1.82) is 0 Å². The van der Waals surface area contributed by atoms with Gasteiger partial charge in [0.1, 0.15) is 23.1 Å². The number of ether oxygens (including phenoxy) is 3. The van der Waals surface area contributed by atoms with Crippen LogP contribution in [0.1, 0.15) is 31.2 Å². The van der Waals surface area contributed by atoms with Gasteiger partial charge in [0.25, 0.3) is 0 Å². The highest BCUT2D eigenvalue weighted by Gasteiger charge is 2.31. The minimum absolute atomic E-state index is 0.312. The number of likely N-dealkylation sites (N-methyl/N-ethyl adjacent to an activating group) is 1. The van der Waals surface area contributed by atoms with E-state index < -0.39 is 11.3 Å². The van der Waals surface area contributed by atoms with Crippen molar-refractivity contribution in [2.75, 3.05) is 88.0 Å². The predicted octanol–water partition coefficient (Wildman–Crippen LogP) is 4.90. The molecule has 15 heteroatoms. The van der Waals surface area contributed by atoms with Gasteiger partial charge in [-0.05, 0) is 73.9 Å². The van der Waals surface area contributed by atoms with Crippen LogP contribution < -0.4 is 34.0 Å². The third-order valence-electron chi connectivity index (χ3n) is 9.60. The Labute approximate surface area is 293 Å². The highest BCUT2D eigenvalue weighted by Crippen LogP contribution is 2.42. The summed E-state index contributed by atoms with van der Waals surface area (Å²) in [6.45, 7) is 4.76. The van der Waals surface area contributed by atoms with Crippen LogP contribution in [-0.2, 0) is 17.7 Å². The van der Waals surface area contributed by atoms with Crippen molar-refractivity contribution in [3.63, 3.8) is 0 Å². The molecule has 3 aliphatic rings. The fourth-order valence-corrected chi connectivity index (χ4v) is 7.45. The summed E-state index contributed by atoms with van der Waals surface area (Å²) in [6, 6.07) is 8.78. The number of anilines is 6. The molecule has 1 aromatic heterocycles. The van der Waals surface area contributed by atoms with Gasteiger partial charge in [0.15, 0.2) is 0 Å². The van der Waals surface area contributed by atoms with E-state index in [1.807, 2.05) is 18.2 Å². The quantitative estimate of drug-likeness (QED) is 0.259. The van der Waals surface area contributed by atoms with Gasteiger partial charge < -0.3 is 43.5 Å². The zero-order chi connectivity index (χ0) is 33.9. The van der Waals surface area contributed by atoms with Crippen LogP contribution in [0.5, 0.6) is 17.2 Å². The Kier molecular flexibility index (Phi) is 10.8. The van der Waals surface area contributed by atoms with Crippen LogP contribution in [0.25, 0.3) is 0 Å². The molecule has 6 rings (SSSR count). The van der Waals surface area contributed by atoms with Crippen molar-refractivity contribution in [3.8, 4) is 17.2 Å². The lowest BCUT2D eigenvalue weighted by atomic mass is 9.97. The van der Waals surface area contributed by atoms with E-state index in [9.17, 15) is 8.76 Å². The number of aromatic nitrogens is 2. The number of piperidine rings is 2. The summed E-state index contributed by atoms with van der Waals surface area (Å²) in [7, 11) is 9.20. The Morgan fingerprint density at radius 2 is 1.79 bits per heavy atom. The molecule has 0 saturated carbocycles. The second-order valence-corrected chi connectivity index (χ2v) is 14.5. The van der Waals surface area contributed by atoms with Crippen LogP contribution in [0.15, 0.2) is 34.9 Å². The summed E-state index contributed by atoms with van der Waals surface area (Å²) < 4.78 is 43.0. The van der Waals surface area contributed by atoms with Gasteiger partial charge in [0.2, 0.25) is 5.95 Å². The summed E-state index contributed by atoms with van der Waals surface area (Å²) in [5, 5.41) is 6.56. The fourth-order valence-electron chi connectivity index (χ4n) is 6.85. The molecule has 4 heterocycles. The lowest BCUT2D eigenvalue weighted by Crippen LogP contribution is -2.52. The third kappa shape index (κ3) is 7.44. The number of nitrogens with zero attached hydrogens (tertiary/aromatic N) is 6. The van der Waals surface area contributed by atoms with E-state index in [0.29, 0.717) is 69.9 Å². The Hall–Kier alpha value is -3.37. The van der Waals surface area contributed by atoms with E-state index in [2.05, 4.69) is 60.3 Å². The maximum absolute atomic E-state index is 11.9. The molecule has 2 saturated heterocycles. The first-order valence-corrected chi connectivity index (χ1v) is 18.1. The summed E-state index contributed by atoms with van der Waals surface area (Å²) in [6.07, 6.45) is 7.08. The number of likely N-dealkylation sites (tertiary alicyclic amines) is 1. The molecule has 260 valence electrons. The molecule has 0 amide bonds. The molecule has 0 bridgehead atoms. The number of halogens is 1. The number of hydrogen-bond donors (Lipinski definition) is 2. The zero-order valence-corrected chi connectivity index (χ0v) is 30.5. The molecule has 3 aliphatic heterocycles. The average Bonchev–Trinajstić information content (AvgIpc) is 3.56. The SMILES string of the molecule is COc1cc(N2CCC(N3CCCC(N(C)C)C3)CC2)c(OC)cc1Nc1ncc(Br)c(Nc2cc3c(cc2N(C)S(=O)[O-])CCO3)n1. The molecule has 2 unspecified atom stereocenters. The van der Waals surface area contributed by atoms with Gasteiger partial charge in [-0.3, -0.25) is 9.11 Å². The molecular weight excluding hydrogens is 700 g/mol. The van der Waals surface area contributed by atoms with Crippen LogP contribution >= 0.6 is 15.9 Å². The first-order valence-electron chi connectivity index (χ1n) is 16.3. The van der Waals surface area contributed by atoms with Crippen molar-refractivity contribution in [2.45, 2.75) is 44.2 Å². The Balaban J connectivity index is 1.19. The number of rotatable bonds is 11. The summed E-state index contributed by atoms with van der Waals surface area (Å²) in [5.41, 5.74) is 3.60. The molecule has 2 N–H and O–H groups in total. The van der Waals surface area contributed by atoms with Gasteiger partial charge in [-0.15, -0.1) is 0 Å². The summed E-state index contributed by atoms with van der Waals surface area (Å²) >= 11 is 1.07. The van der Waals surface area contributed by atoms with E-state index in [4.69, 9.17) is 19.2 Å². The van der Waals surface area contributed by atoms with Gasteiger partial charge in [0.05, 0.1) is 48.0 Å². The predicted molar refractivity (Wildman–Crippen MR) is 192 cm³/mol. The molecule has 48 heavy (non-hydrogen) atoms. The standard InChI is InChI=1S/C33H45BrN8O5S/c1-39(2)23-7-6-11-42(20-23)22-8-12-41(13-9-22)28-18-30(45-4)26(17-31(28)46-5)37-33-35-19-24(34)32(38-33)36-25-16-29-21(10-14-47-29)15-27(25)40(3)48(43)44/h15-19,22-23H,6-14,20H2,1-5H3,(H,43,44)(H2,35,36,37,38)/p-1. The van der Waals surface area contributed by atoms with Gasteiger partial charge in [-0.1, -0.05) is 0 Å². The molecular formula is C33H44BrN8O5S-. The van der Waals surface area contributed by atoms with Crippen LogP contribution in [-0.4, -0.2) is 109 Å². The Bertz CT molecular complexity index is 1640. The maximum atomic E-state index is 11.9. The molecule has 2 fully saturated rings. The van der Waals surface area contributed by atoms with Crippen LogP contribution in [0.4, 0.5) is 34.5 Å². The number of fused-ring (bicyclic) bond motifs is 1. The lowest BCUT2D eigenvalue weighted by Gasteiger charge is -2.44.